The van der Waals surface area contributed by atoms with Crippen molar-refractivity contribution >= 4 is 23.4 Å². The van der Waals surface area contributed by atoms with Gasteiger partial charge < -0.3 is 15.4 Å². The molecule has 0 saturated heterocycles. The molecule has 4 nitrogen and oxygen atoms in total. The van der Waals surface area contributed by atoms with Gasteiger partial charge in [0.2, 0.25) is 0 Å². The summed E-state index contributed by atoms with van der Waals surface area (Å²) in [6.07, 6.45) is 0. The lowest BCUT2D eigenvalue weighted by Gasteiger charge is -2.17. The van der Waals surface area contributed by atoms with E-state index in [-0.39, 0.29) is 5.97 Å². The van der Waals surface area contributed by atoms with Crippen LogP contribution in [0.2, 0.25) is 0 Å². The summed E-state index contributed by atoms with van der Waals surface area (Å²) in [7, 11) is 0. The topological polar surface area (TPSA) is 55.6 Å². The second-order valence-corrected chi connectivity index (χ2v) is 5.49. The zero-order valence-electron chi connectivity index (χ0n) is 12.5. The van der Waals surface area contributed by atoms with Gasteiger partial charge in [-0.05, 0) is 38.2 Å². The number of rotatable bonds is 8. The van der Waals surface area contributed by atoms with Crippen LogP contribution in [-0.2, 0) is 4.74 Å². The van der Waals surface area contributed by atoms with Crippen LogP contribution in [0.1, 0.15) is 31.1 Å². The average molecular weight is 296 g/mol. The molecular weight excluding hydrogens is 272 g/mol. The third kappa shape index (κ3) is 5.06. The van der Waals surface area contributed by atoms with E-state index in [9.17, 15) is 4.79 Å². The molecule has 20 heavy (non-hydrogen) atoms. The van der Waals surface area contributed by atoms with E-state index in [2.05, 4.69) is 18.7 Å². The molecule has 0 aliphatic heterocycles. The maximum atomic E-state index is 11.6. The number of nitrogen functional groups attached to an aromatic ring is 1. The van der Waals surface area contributed by atoms with Crippen molar-refractivity contribution < 1.29 is 9.53 Å². The van der Waals surface area contributed by atoms with Gasteiger partial charge in [-0.1, -0.05) is 13.8 Å². The van der Waals surface area contributed by atoms with E-state index in [1.165, 1.54) is 0 Å². The Labute approximate surface area is 125 Å². The highest BCUT2D eigenvalue weighted by Gasteiger charge is 2.09. The highest BCUT2D eigenvalue weighted by atomic mass is 32.2. The molecule has 5 heteroatoms. The molecule has 1 aromatic carbocycles. The number of nitrogens with zero attached hydrogens (tertiary/aromatic N) is 1. The molecule has 0 aromatic heterocycles. The van der Waals surface area contributed by atoms with Gasteiger partial charge in [-0.15, -0.1) is 11.8 Å². The first-order valence-corrected chi connectivity index (χ1v) is 8.02. The molecule has 112 valence electrons. The molecule has 0 radical (unpaired) electrons. The predicted molar refractivity (Wildman–Crippen MR) is 85.3 cm³/mol. The molecule has 1 aromatic rings. The first-order chi connectivity index (χ1) is 9.62. The molecule has 0 amide bonds. The maximum absolute atomic E-state index is 11.6. The van der Waals surface area contributed by atoms with Crippen molar-refractivity contribution in [3.63, 3.8) is 0 Å². The van der Waals surface area contributed by atoms with E-state index in [1.807, 2.05) is 6.07 Å². The summed E-state index contributed by atoms with van der Waals surface area (Å²) in [5, 5.41) is 0. The zero-order valence-corrected chi connectivity index (χ0v) is 13.3. The van der Waals surface area contributed by atoms with Gasteiger partial charge in [0.25, 0.3) is 0 Å². The lowest BCUT2D eigenvalue weighted by Crippen LogP contribution is -2.25. The highest BCUT2D eigenvalue weighted by Crippen LogP contribution is 2.26. The second-order valence-electron chi connectivity index (χ2n) is 4.35. The Balaban J connectivity index is 2.58. The van der Waals surface area contributed by atoms with Crippen molar-refractivity contribution in [1.82, 2.24) is 4.90 Å². The Morgan fingerprint density at radius 2 is 2.00 bits per heavy atom. The largest absolute Gasteiger partial charge is 0.462 e. The van der Waals surface area contributed by atoms with Crippen LogP contribution in [0.3, 0.4) is 0 Å². The SMILES string of the molecule is CCOC(=O)c1ccc(SCCN(CC)CC)c(N)c1. The number of thioether (sulfide) groups is 1. The Morgan fingerprint density at radius 3 is 2.55 bits per heavy atom. The fraction of sp³-hybridized carbons (Fsp3) is 0.533. The monoisotopic (exact) mass is 296 g/mol. The standard InChI is InChI=1S/C15H24N2O2S/c1-4-17(5-2)9-10-20-14-8-7-12(11-13(14)16)15(18)19-6-3/h7-8,11H,4-6,9-10,16H2,1-3H3. The molecule has 0 spiro atoms. The van der Waals surface area contributed by atoms with E-state index in [0.29, 0.717) is 17.9 Å². The minimum Gasteiger partial charge on any atom is -0.462 e. The molecule has 0 bridgehead atoms. The van der Waals surface area contributed by atoms with Crippen molar-refractivity contribution in [2.75, 3.05) is 37.7 Å². The molecule has 0 fully saturated rings. The highest BCUT2D eigenvalue weighted by molar-refractivity contribution is 7.99. The Hall–Kier alpha value is -1.20. The number of esters is 1. The van der Waals surface area contributed by atoms with E-state index in [0.717, 1.165) is 30.3 Å². The summed E-state index contributed by atoms with van der Waals surface area (Å²) in [4.78, 5) is 15.0. The Morgan fingerprint density at radius 1 is 1.30 bits per heavy atom. The van der Waals surface area contributed by atoms with Gasteiger partial charge in [0.1, 0.15) is 0 Å². The summed E-state index contributed by atoms with van der Waals surface area (Å²) >= 11 is 1.72. The number of hydrogen-bond acceptors (Lipinski definition) is 5. The molecule has 0 saturated carbocycles. The molecular formula is C15H24N2O2S. The molecule has 2 N–H and O–H groups in total. The van der Waals surface area contributed by atoms with Crippen LogP contribution in [0.4, 0.5) is 5.69 Å². The number of nitrogens with two attached hydrogens (primary N) is 1. The molecule has 0 atom stereocenters. The smallest absolute Gasteiger partial charge is 0.338 e. The van der Waals surface area contributed by atoms with Crippen molar-refractivity contribution in [3.05, 3.63) is 23.8 Å². The first-order valence-electron chi connectivity index (χ1n) is 7.04. The number of benzene rings is 1. The van der Waals surface area contributed by atoms with Gasteiger partial charge in [-0.3, -0.25) is 0 Å². The zero-order chi connectivity index (χ0) is 15.0. The van der Waals surface area contributed by atoms with Gasteiger partial charge in [-0.2, -0.15) is 0 Å². The second kappa shape index (κ2) is 8.87. The van der Waals surface area contributed by atoms with Crippen LogP contribution < -0.4 is 5.73 Å². The Kier molecular flexibility index (Phi) is 7.47. The molecule has 0 unspecified atom stereocenters. The van der Waals surface area contributed by atoms with Gasteiger partial charge in [0.05, 0.1) is 12.2 Å². The maximum Gasteiger partial charge on any atom is 0.338 e. The van der Waals surface area contributed by atoms with Crippen molar-refractivity contribution in [2.24, 2.45) is 0 Å². The fourth-order valence-corrected chi connectivity index (χ4v) is 2.81. The summed E-state index contributed by atoms with van der Waals surface area (Å²) in [5.41, 5.74) is 7.15. The van der Waals surface area contributed by atoms with Gasteiger partial charge in [-0.25, -0.2) is 4.79 Å². The number of ether oxygens (including phenoxy) is 1. The minimum absolute atomic E-state index is 0.320. The lowest BCUT2D eigenvalue weighted by molar-refractivity contribution is 0.0526. The third-order valence-corrected chi connectivity index (χ3v) is 4.15. The van der Waals surface area contributed by atoms with Crippen LogP contribution in [0.25, 0.3) is 0 Å². The summed E-state index contributed by atoms with van der Waals surface area (Å²) in [6.45, 7) is 9.66. The van der Waals surface area contributed by atoms with Gasteiger partial charge in [0.15, 0.2) is 0 Å². The number of carbonyl (C=O) groups is 1. The van der Waals surface area contributed by atoms with Crippen molar-refractivity contribution in [3.8, 4) is 0 Å². The predicted octanol–water partition coefficient (Wildman–Crippen LogP) is 2.88. The molecule has 1 rings (SSSR count). The summed E-state index contributed by atoms with van der Waals surface area (Å²) < 4.78 is 4.96. The van der Waals surface area contributed by atoms with E-state index >= 15 is 0 Å². The molecule has 0 heterocycles. The molecule has 0 aliphatic rings. The number of carbonyl (C=O) groups excluding carboxylic acids is 1. The van der Waals surface area contributed by atoms with Crippen LogP contribution in [0.15, 0.2) is 23.1 Å². The van der Waals surface area contributed by atoms with Gasteiger partial charge >= 0.3 is 5.97 Å². The van der Waals surface area contributed by atoms with Gasteiger partial charge in [0, 0.05) is 22.9 Å². The van der Waals surface area contributed by atoms with Crippen molar-refractivity contribution in [2.45, 2.75) is 25.7 Å². The summed E-state index contributed by atoms with van der Waals surface area (Å²) in [6, 6.07) is 5.36. The third-order valence-electron chi connectivity index (χ3n) is 3.08. The lowest BCUT2D eigenvalue weighted by atomic mass is 10.2. The van der Waals surface area contributed by atoms with Crippen LogP contribution in [0, 0.1) is 0 Å². The number of hydrogen-bond donors (Lipinski definition) is 1. The quantitative estimate of drug-likeness (QED) is 0.454. The Bertz CT molecular complexity index is 434. The average Bonchev–Trinajstić information content (AvgIpc) is 2.45. The molecule has 0 aliphatic carbocycles. The first kappa shape index (κ1) is 16.9. The van der Waals surface area contributed by atoms with E-state index in [1.54, 1.807) is 30.8 Å². The van der Waals surface area contributed by atoms with E-state index < -0.39 is 0 Å². The van der Waals surface area contributed by atoms with Crippen LogP contribution in [-0.4, -0.2) is 42.9 Å². The van der Waals surface area contributed by atoms with Crippen LogP contribution in [0.5, 0.6) is 0 Å². The van der Waals surface area contributed by atoms with Crippen molar-refractivity contribution in [1.29, 1.82) is 0 Å². The van der Waals surface area contributed by atoms with Crippen LogP contribution >= 0.6 is 11.8 Å². The minimum atomic E-state index is -0.320. The number of anilines is 1. The normalized spacial score (nSPS) is 10.8. The summed E-state index contributed by atoms with van der Waals surface area (Å²) in [5.74, 6) is 0.670. The fourth-order valence-electron chi connectivity index (χ4n) is 1.85. The van der Waals surface area contributed by atoms with E-state index in [4.69, 9.17) is 10.5 Å².